The maximum Gasteiger partial charge on any atom is 0.119 e. The fourth-order valence-corrected chi connectivity index (χ4v) is 4.35. The smallest absolute Gasteiger partial charge is 0.119 e. The Morgan fingerprint density at radius 2 is 1.00 bits per heavy atom. The molecular formula is C31H32O4. The van der Waals surface area contributed by atoms with Crippen molar-refractivity contribution in [1.82, 2.24) is 0 Å². The summed E-state index contributed by atoms with van der Waals surface area (Å²) in [5, 5.41) is 17.9. The van der Waals surface area contributed by atoms with E-state index in [4.69, 9.17) is 19.7 Å². The van der Waals surface area contributed by atoms with E-state index in [-0.39, 0.29) is 19.1 Å². The predicted molar refractivity (Wildman–Crippen MR) is 141 cm³/mol. The zero-order chi connectivity index (χ0) is 24.5. The summed E-state index contributed by atoms with van der Waals surface area (Å²) < 4.78 is 11.0. The van der Waals surface area contributed by atoms with Gasteiger partial charge >= 0.3 is 0 Å². The minimum absolute atomic E-state index is 0.00769. The van der Waals surface area contributed by atoms with Crippen molar-refractivity contribution in [2.45, 2.75) is 19.3 Å². The summed E-state index contributed by atoms with van der Waals surface area (Å²) in [6, 6.07) is 33.5. The predicted octanol–water partition coefficient (Wildman–Crippen LogP) is 6.30. The van der Waals surface area contributed by atoms with Crippen molar-refractivity contribution < 1.29 is 19.7 Å². The van der Waals surface area contributed by atoms with Crippen LogP contribution in [0, 0.1) is 0 Å². The maximum absolute atomic E-state index is 8.94. The fourth-order valence-electron chi connectivity index (χ4n) is 4.35. The lowest BCUT2D eigenvalue weighted by Gasteiger charge is -2.18. The van der Waals surface area contributed by atoms with Crippen LogP contribution in [0.15, 0.2) is 97.1 Å². The number of rotatable bonds is 11. The van der Waals surface area contributed by atoms with Crippen molar-refractivity contribution >= 4 is 0 Å². The topological polar surface area (TPSA) is 58.9 Å². The minimum Gasteiger partial charge on any atom is -0.491 e. The van der Waals surface area contributed by atoms with Crippen LogP contribution in [-0.2, 0) is 0 Å². The van der Waals surface area contributed by atoms with Crippen LogP contribution in [0.3, 0.4) is 0 Å². The standard InChI is InChI=1S/C31H32O4/c1-2-31(27-7-3-5-25(21-27)23-9-13-29(14-10-23)34-19-17-32)28-8-4-6-26(22-28)24-11-15-30(16-12-24)35-20-18-33/h3-16,21-22,31-33H,2,17-20H2,1H3. The number of hydrogen-bond acceptors (Lipinski definition) is 4. The summed E-state index contributed by atoms with van der Waals surface area (Å²) in [5.41, 5.74) is 7.19. The largest absolute Gasteiger partial charge is 0.491 e. The summed E-state index contributed by atoms with van der Waals surface area (Å²) in [6.45, 7) is 2.84. The van der Waals surface area contributed by atoms with E-state index in [0.29, 0.717) is 13.2 Å². The van der Waals surface area contributed by atoms with Crippen molar-refractivity contribution in [3.8, 4) is 33.8 Å². The van der Waals surface area contributed by atoms with Gasteiger partial charge in [-0.3, -0.25) is 0 Å². The molecule has 4 aromatic carbocycles. The molecule has 0 unspecified atom stereocenters. The normalized spacial score (nSPS) is 11.0. The summed E-state index contributed by atoms with van der Waals surface area (Å²) in [5.74, 6) is 1.81. The third-order valence-electron chi connectivity index (χ3n) is 6.08. The van der Waals surface area contributed by atoms with Gasteiger partial charge in [0.05, 0.1) is 13.2 Å². The molecule has 0 aliphatic heterocycles. The van der Waals surface area contributed by atoms with Crippen LogP contribution in [0.25, 0.3) is 22.3 Å². The molecule has 4 aromatic rings. The number of ether oxygens (including phenoxy) is 2. The molecule has 0 fully saturated rings. The molecule has 4 nitrogen and oxygen atoms in total. The van der Waals surface area contributed by atoms with Crippen LogP contribution in [0.4, 0.5) is 0 Å². The molecule has 4 rings (SSSR count). The summed E-state index contributed by atoms with van der Waals surface area (Å²) >= 11 is 0. The Kier molecular flexibility index (Phi) is 8.55. The van der Waals surface area contributed by atoms with Crippen LogP contribution >= 0.6 is 0 Å². The van der Waals surface area contributed by atoms with Gasteiger partial charge in [-0.25, -0.2) is 0 Å². The quantitative estimate of drug-likeness (QED) is 0.271. The van der Waals surface area contributed by atoms with Gasteiger partial charge in [0.1, 0.15) is 24.7 Å². The van der Waals surface area contributed by atoms with Gasteiger partial charge in [-0.05, 0) is 64.1 Å². The molecule has 4 heteroatoms. The first-order valence-electron chi connectivity index (χ1n) is 12.1. The third kappa shape index (κ3) is 6.30. The number of aliphatic hydroxyl groups excluding tert-OH is 2. The minimum atomic E-state index is 0.00769. The van der Waals surface area contributed by atoms with Crippen molar-refractivity contribution in [3.05, 3.63) is 108 Å². The molecule has 0 radical (unpaired) electrons. The van der Waals surface area contributed by atoms with Gasteiger partial charge in [0, 0.05) is 5.92 Å². The van der Waals surface area contributed by atoms with Gasteiger partial charge in [0.15, 0.2) is 0 Å². The van der Waals surface area contributed by atoms with Gasteiger partial charge in [0.25, 0.3) is 0 Å². The Balaban J connectivity index is 1.56. The highest BCUT2D eigenvalue weighted by Crippen LogP contribution is 2.34. The molecule has 0 heterocycles. The Morgan fingerprint density at radius 3 is 1.37 bits per heavy atom. The molecule has 0 aliphatic carbocycles. The molecule has 0 aromatic heterocycles. The van der Waals surface area contributed by atoms with E-state index in [9.17, 15) is 0 Å². The Morgan fingerprint density at radius 1 is 0.571 bits per heavy atom. The molecule has 0 spiro atoms. The van der Waals surface area contributed by atoms with E-state index in [2.05, 4.69) is 79.7 Å². The Hall–Kier alpha value is -3.60. The van der Waals surface area contributed by atoms with Crippen molar-refractivity contribution in [3.63, 3.8) is 0 Å². The van der Waals surface area contributed by atoms with Crippen molar-refractivity contribution in [2.75, 3.05) is 26.4 Å². The monoisotopic (exact) mass is 468 g/mol. The van der Waals surface area contributed by atoms with E-state index in [1.165, 1.54) is 22.3 Å². The van der Waals surface area contributed by atoms with Crippen LogP contribution in [0.5, 0.6) is 11.5 Å². The zero-order valence-electron chi connectivity index (χ0n) is 20.1. The average molecular weight is 469 g/mol. The summed E-state index contributed by atoms with van der Waals surface area (Å²) in [6.07, 6.45) is 0.995. The first-order valence-corrected chi connectivity index (χ1v) is 12.1. The van der Waals surface area contributed by atoms with Gasteiger partial charge < -0.3 is 19.7 Å². The van der Waals surface area contributed by atoms with E-state index in [1.54, 1.807) is 0 Å². The molecular weight excluding hydrogens is 436 g/mol. The summed E-state index contributed by atoms with van der Waals surface area (Å²) in [7, 11) is 0. The number of aliphatic hydroxyl groups is 2. The highest BCUT2D eigenvalue weighted by Gasteiger charge is 2.14. The summed E-state index contributed by atoms with van der Waals surface area (Å²) in [4.78, 5) is 0. The number of benzene rings is 4. The highest BCUT2D eigenvalue weighted by molar-refractivity contribution is 5.67. The Labute approximate surface area is 207 Å². The van der Waals surface area contributed by atoms with Gasteiger partial charge in [0.2, 0.25) is 0 Å². The molecule has 180 valence electrons. The van der Waals surface area contributed by atoms with Crippen LogP contribution < -0.4 is 9.47 Å². The van der Waals surface area contributed by atoms with E-state index < -0.39 is 0 Å². The third-order valence-corrected chi connectivity index (χ3v) is 6.08. The molecule has 2 N–H and O–H groups in total. The molecule has 0 saturated heterocycles. The van der Waals surface area contributed by atoms with E-state index in [1.807, 2.05) is 24.3 Å². The van der Waals surface area contributed by atoms with Gasteiger partial charge in [-0.2, -0.15) is 0 Å². The van der Waals surface area contributed by atoms with Crippen LogP contribution in [0.1, 0.15) is 30.4 Å². The van der Waals surface area contributed by atoms with Gasteiger partial charge in [-0.15, -0.1) is 0 Å². The molecule has 0 amide bonds. The van der Waals surface area contributed by atoms with Crippen LogP contribution in [0.2, 0.25) is 0 Å². The average Bonchev–Trinajstić information content (AvgIpc) is 2.92. The molecule has 0 saturated carbocycles. The maximum atomic E-state index is 8.94. The molecule has 0 aliphatic rings. The lowest BCUT2D eigenvalue weighted by atomic mass is 9.86. The molecule has 0 atom stereocenters. The first-order chi connectivity index (χ1) is 17.2. The lowest BCUT2D eigenvalue weighted by Crippen LogP contribution is -2.01. The van der Waals surface area contributed by atoms with E-state index >= 15 is 0 Å². The second-order valence-corrected chi connectivity index (χ2v) is 8.40. The molecule has 35 heavy (non-hydrogen) atoms. The lowest BCUT2D eigenvalue weighted by molar-refractivity contribution is 0.201. The Bertz CT molecular complexity index is 1100. The zero-order valence-corrected chi connectivity index (χ0v) is 20.1. The first kappa shape index (κ1) is 24.5. The number of hydrogen-bond donors (Lipinski definition) is 2. The van der Waals surface area contributed by atoms with E-state index in [0.717, 1.165) is 29.0 Å². The molecule has 0 bridgehead atoms. The second-order valence-electron chi connectivity index (χ2n) is 8.40. The fraction of sp³-hybridized carbons (Fsp3) is 0.226. The van der Waals surface area contributed by atoms with Crippen molar-refractivity contribution in [1.29, 1.82) is 0 Å². The SMILES string of the molecule is CCC(c1cccc(-c2ccc(OCCO)cc2)c1)c1cccc(-c2ccc(OCCO)cc2)c1. The van der Waals surface area contributed by atoms with Crippen molar-refractivity contribution in [2.24, 2.45) is 0 Å². The highest BCUT2D eigenvalue weighted by atomic mass is 16.5. The second kappa shape index (κ2) is 12.2. The van der Waals surface area contributed by atoms with Gasteiger partial charge in [-0.1, -0.05) is 79.7 Å². The van der Waals surface area contributed by atoms with Crippen LogP contribution in [-0.4, -0.2) is 36.6 Å².